The molecule has 0 radical (unpaired) electrons. The number of anilines is 1. The Morgan fingerprint density at radius 3 is 2.63 bits per heavy atom. The van der Waals surface area contributed by atoms with E-state index >= 15 is 0 Å². The van der Waals surface area contributed by atoms with Gasteiger partial charge in [-0.15, -0.1) is 11.3 Å². The zero-order valence-electron chi connectivity index (χ0n) is 24.4. The van der Waals surface area contributed by atoms with Crippen LogP contribution in [0.5, 0.6) is 5.75 Å². The Labute approximate surface area is 252 Å². The third-order valence-electron chi connectivity index (χ3n) is 7.03. The summed E-state index contributed by atoms with van der Waals surface area (Å²) in [6, 6.07) is 14.6. The zero-order valence-corrected chi connectivity index (χ0v) is 27.0. The lowest BCUT2D eigenvalue weighted by molar-refractivity contribution is 0.0754. The predicted molar refractivity (Wildman–Crippen MR) is 168 cm³/mol. The van der Waals surface area contributed by atoms with Crippen LogP contribution in [-0.2, 0) is 11.3 Å². The molecule has 0 bridgehead atoms. The minimum absolute atomic E-state index is 0.0604. The van der Waals surface area contributed by atoms with Gasteiger partial charge in [-0.2, -0.15) is 0 Å². The summed E-state index contributed by atoms with van der Waals surface area (Å²) in [6.45, 7) is 9.54. The second kappa shape index (κ2) is 13.7. The lowest BCUT2D eigenvalue weighted by atomic mass is 10.1. The van der Waals surface area contributed by atoms with Crippen molar-refractivity contribution in [2.24, 2.45) is 0 Å². The Bertz CT molecular complexity index is 1320. The molecule has 0 spiro atoms. The molecule has 0 saturated heterocycles. The Morgan fingerprint density at radius 1 is 1.20 bits per heavy atom. The number of fused-ring (bicyclic) bond motifs is 1. The van der Waals surface area contributed by atoms with Crippen LogP contribution in [0.3, 0.4) is 0 Å². The van der Waals surface area contributed by atoms with Gasteiger partial charge in [0, 0.05) is 65.8 Å². The first-order valence-electron chi connectivity index (χ1n) is 13.8. The molecule has 2 aromatic heterocycles. The second-order valence-corrected chi connectivity index (χ2v) is 18.6. The van der Waals surface area contributed by atoms with Gasteiger partial charge in [-0.3, -0.25) is 4.79 Å². The summed E-state index contributed by atoms with van der Waals surface area (Å²) < 4.78 is 11.9. The molecule has 41 heavy (non-hydrogen) atoms. The van der Waals surface area contributed by atoms with E-state index in [1.54, 1.807) is 35.5 Å². The van der Waals surface area contributed by atoms with E-state index in [4.69, 9.17) is 21.1 Å². The molecule has 2 amide bonds. The molecule has 11 heteroatoms. The third kappa shape index (κ3) is 8.70. The summed E-state index contributed by atoms with van der Waals surface area (Å²) in [6.07, 6.45) is 1.70. The van der Waals surface area contributed by atoms with Crippen LogP contribution in [0.2, 0.25) is 30.8 Å². The van der Waals surface area contributed by atoms with Crippen molar-refractivity contribution in [3.8, 4) is 5.75 Å². The topological polar surface area (TPSA) is 75.2 Å². The van der Waals surface area contributed by atoms with E-state index < -0.39 is 8.07 Å². The van der Waals surface area contributed by atoms with Gasteiger partial charge in [0.2, 0.25) is 0 Å². The number of benzene rings is 1. The van der Waals surface area contributed by atoms with Gasteiger partial charge in [0.1, 0.15) is 17.0 Å². The standard InChI is InChI=1S/C30H39ClN4O4SSi/c1-33-14-15-35(29(36)24-20-32-28(31)19-25(24)33)21-22-8-10-23(11-9-22)39-26(27-7-6-17-40-27)12-13-34(2)30(37)38-16-18-41(3,4)5/h6-11,17,19-20,26H,12-16,18,21H2,1-5H3/t26-/m0/s1. The Balaban J connectivity index is 1.36. The molecule has 1 atom stereocenters. The Hall–Kier alpha value is -3.08. The number of aromatic nitrogens is 1. The van der Waals surface area contributed by atoms with Gasteiger partial charge >= 0.3 is 6.09 Å². The quantitative estimate of drug-likeness (QED) is 0.175. The van der Waals surface area contributed by atoms with Gasteiger partial charge in [-0.25, -0.2) is 9.78 Å². The number of halogens is 1. The maximum Gasteiger partial charge on any atom is 0.409 e. The lowest BCUT2D eigenvalue weighted by Crippen LogP contribution is -2.33. The number of rotatable bonds is 11. The molecule has 0 aliphatic carbocycles. The lowest BCUT2D eigenvalue weighted by Gasteiger charge is -2.23. The molecule has 0 fully saturated rings. The molecule has 1 aromatic carbocycles. The number of amides is 2. The third-order valence-corrected chi connectivity index (χ3v) is 9.91. The fourth-order valence-corrected chi connectivity index (χ4v) is 6.12. The normalized spacial score (nSPS) is 14.3. The molecule has 8 nitrogen and oxygen atoms in total. The molecular formula is C30H39ClN4O4SSi. The fraction of sp³-hybridized carbons (Fsp3) is 0.433. The summed E-state index contributed by atoms with van der Waals surface area (Å²) in [5.41, 5.74) is 2.36. The maximum atomic E-state index is 13.3. The number of thiophene rings is 1. The highest BCUT2D eigenvalue weighted by Gasteiger charge is 2.26. The van der Waals surface area contributed by atoms with Gasteiger partial charge in [0.25, 0.3) is 5.91 Å². The van der Waals surface area contributed by atoms with E-state index in [1.807, 2.05) is 52.6 Å². The number of carbonyl (C=O) groups is 2. The minimum atomic E-state index is -1.26. The first-order chi connectivity index (χ1) is 19.5. The van der Waals surface area contributed by atoms with E-state index in [1.165, 1.54) is 0 Å². The molecule has 220 valence electrons. The molecule has 3 heterocycles. The van der Waals surface area contributed by atoms with Crippen LogP contribution in [0.4, 0.5) is 10.5 Å². The van der Waals surface area contributed by atoms with Crippen molar-refractivity contribution in [2.75, 3.05) is 45.2 Å². The number of hydrogen-bond donors (Lipinski definition) is 0. The Morgan fingerprint density at radius 2 is 1.95 bits per heavy atom. The molecule has 3 aromatic rings. The molecule has 1 aliphatic heterocycles. The number of ether oxygens (including phenoxy) is 2. The van der Waals surface area contributed by atoms with Crippen molar-refractivity contribution >= 4 is 48.7 Å². The summed E-state index contributed by atoms with van der Waals surface area (Å²) >= 11 is 7.71. The van der Waals surface area contributed by atoms with Crippen LogP contribution in [0.25, 0.3) is 0 Å². The molecule has 1 aliphatic rings. The summed E-state index contributed by atoms with van der Waals surface area (Å²) in [5, 5.41) is 2.40. The number of carbonyl (C=O) groups excluding carboxylic acids is 2. The van der Waals surface area contributed by atoms with E-state index in [-0.39, 0.29) is 18.1 Å². The Kier molecular flexibility index (Phi) is 10.3. The van der Waals surface area contributed by atoms with Crippen LogP contribution in [0.1, 0.15) is 33.3 Å². The first-order valence-corrected chi connectivity index (χ1v) is 18.8. The fourth-order valence-electron chi connectivity index (χ4n) is 4.46. The number of pyridine rings is 1. The van der Waals surface area contributed by atoms with Gasteiger partial charge in [0.05, 0.1) is 17.9 Å². The van der Waals surface area contributed by atoms with Crippen molar-refractivity contribution in [3.05, 3.63) is 75.2 Å². The smallest absolute Gasteiger partial charge is 0.409 e. The van der Waals surface area contributed by atoms with Gasteiger partial charge in [-0.1, -0.05) is 49.4 Å². The van der Waals surface area contributed by atoms with Crippen molar-refractivity contribution in [1.29, 1.82) is 0 Å². The predicted octanol–water partition coefficient (Wildman–Crippen LogP) is 6.81. The maximum absolute atomic E-state index is 13.3. The van der Waals surface area contributed by atoms with E-state index in [9.17, 15) is 9.59 Å². The highest BCUT2D eigenvalue weighted by Crippen LogP contribution is 2.30. The first kappa shape index (κ1) is 30.9. The largest absolute Gasteiger partial charge is 0.485 e. The average molecular weight is 615 g/mol. The molecule has 0 N–H and O–H groups in total. The summed E-state index contributed by atoms with van der Waals surface area (Å²) in [5.74, 6) is 0.674. The summed E-state index contributed by atoms with van der Waals surface area (Å²) in [4.78, 5) is 36.5. The molecule has 0 unspecified atom stereocenters. The van der Waals surface area contributed by atoms with Crippen LogP contribution in [0.15, 0.2) is 54.0 Å². The minimum Gasteiger partial charge on any atom is -0.485 e. The van der Waals surface area contributed by atoms with E-state index in [0.717, 1.165) is 27.9 Å². The second-order valence-electron chi connectivity index (χ2n) is 11.6. The monoisotopic (exact) mass is 614 g/mol. The summed E-state index contributed by atoms with van der Waals surface area (Å²) in [7, 11) is 2.46. The molecule has 0 saturated carbocycles. The SMILES string of the molecule is CN(CC[C@H](Oc1ccc(CN2CCN(C)c3cc(Cl)ncc3C2=O)cc1)c1cccs1)C(=O)OCC[Si](C)(C)C. The van der Waals surface area contributed by atoms with Gasteiger partial charge in [0.15, 0.2) is 0 Å². The van der Waals surface area contributed by atoms with Crippen molar-refractivity contribution in [2.45, 2.75) is 44.8 Å². The van der Waals surface area contributed by atoms with Crippen molar-refractivity contribution in [1.82, 2.24) is 14.8 Å². The number of hydrogen-bond acceptors (Lipinski definition) is 7. The van der Waals surface area contributed by atoms with Crippen molar-refractivity contribution in [3.63, 3.8) is 0 Å². The van der Waals surface area contributed by atoms with Gasteiger partial charge in [-0.05, 0) is 41.3 Å². The number of nitrogens with zero attached hydrogens (tertiary/aromatic N) is 4. The van der Waals surface area contributed by atoms with Crippen LogP contribution >= 0.6 is 22.9 Å². The van der Waals surface area contributed by atoms with E-state index in [0.29, 0.717) is 49.9 Å². The average Bonchev–Trinajstić information content (AvgIpc) is 3.44. The van der Waals surface area contributed by atoms with Crippen LogP contribution in [0, 0.1) is 0 Å². The molecular weight excluding hydrogens is 576 g/mol. The van der Waals surface area contributed by atoms with Gasteiger partial charge < -0.3 is 24.2 Å². The number of likely N-dealkylation sites (N-methyl/N-ethyl adjacent to an activating group) is 1. The van der Waals surface area contributed by atoms with E-state index in [2.05, 4.69) is 30.7 Å². The zero-order chi connectivity index (χ0) is 29.6. The highest BCUT2D eigenvalue weighted by atomic mass is 35.5. The van der Waals surface area contributed by atoms with Crippen LogP contribution < -0.4 is 9.64 Å². The molecule has 4 rings (SSSR count). The highest BCUT2D eigenvalue weighted by molar-refractivity contribution is 7.10. The van der Waals surface area contributed by atoms with Crippen molar-refractivity contribution < 1.29 is 19.1 Å². The van der Waals surface area contributed by atoms with Crippen LogP contribution in [-0.4, -0.2) is 75.2 Å².